The molecule has 0 radical (unpaired) electrons. The van der Waals surface area contributed by atoms with E-state index in [2.05, 4.69) is 15.1 Å². The maximum Gasteiger partial charge on any atom is 0.115 e. The maximum absolute atomic E-state index is 9.94. The molecule has 0 fully saturated rings. The Labute approximate surface area is 93.8 Å². The number of hydrogen-bond donors (Lipinski definition) is 1. The number of nitrogens with zero attached hydrogens (tertiary/aromatic N) is 4. The highest BCUT2D eigenvalue weighted by molar-refractivity contribution is 5.13. The summed E-state index contributed by atoms with van der Waals surface area (Å²) in [4.78, 5) is 7.75. The number of hydrogen-bond acceptors (Lipinski definition) is 4. The molecule has 2 aromatic heterocycles. The highest BCUT2D eigenvalue weighted by atomic mass is 16.3. The van der Waals surface area contributed by atoms with Crippen LogP contribution in [0.1, 0.15) is 24.2 Å². The van der Waals surface area contributed by atoms with E-state index < -0.39 is 6.10 Å². The van der Waals surface area contributed by atoms with E-state index in [1.165, 1.54) is 6.33 Å². The summed E-state index contributed by atoms with van der Waals surface area (Å²) in [5.41, 5.74) is 1.74. The van der Waals surface area contributed by atoms with E-state index in [0.29, 0.717) is 6.42 Å². The molecule has 2 rings (SSSR count). The number of aromatic nitrogens is 4. The first-order chi connectivity index (χ1) is 7.79. The van der Waals surface area contributed by atoms with Crippen LogP contribution < -0.4 is 0 Å². The molecule has 5 nitrogen and oxygen atoms in total. The van der Waals surface area contributed by atoms with Gasteiger partial charge < -0.3 is 5.11 Å². The smallest absolute Gasteiger partial charge is 0.115 e. The van der Waals surface area contributed by atoms with Gasteiger partial charge in [0.25, 0.3) is 0 Å². The second-order valence-corrected chi connectivity index (χ2v) is 3.60. The van der Waals surface area contributed by atoms with Gasteiger partial charge in [0.2, 0.25) is 0 Å². The molecule has 0 spiro atoms. The van der Waals surface area contributed by atoms with Gasteiger partial charge >= 0.3 is 0 Å². The Morgan fingerprint density at radius 2 is 2.06 bits per heavy atom. The van der Waals surface area contributed by atoms with Crippen LogP contribution in [-0.4, -0.2) is 24.9 Å². The lowest BCUT2D eigenvalue weighted by Crippen LogP contribution is -2.02. The second kappa shape index (κ2) is 4.85. The average molecular weight is 218 g/mol. The van der Waals surface area contributed by atoms with Crippen LogP contribution in [0.3, 0.4) is 0 Å². The van der Waals surface area contributed by atoms with Crippen LogP contribution in [0.15, 0.2) is 31.1 Å². The molecule has 0 saturated heterocycles. The molecule has 0 bridgehead atoms. The van der Waals surface area contributed by atoms with Crippen molar-refractivity contribution in [1.29, 1.82) is 0 Å². The van der Waals surface area contributed by atoms with Gasteiger partial charge in [-0.1, -0.05) is 0 Å². The van der Waals surface area contributed by atoms with Gasteiger partial charge in [0, 0.05) is 37.1 Å². The van der Waals surface area contributed by atoms with Crippen molar-refractivity contribution in [1.82, 2.24) is 19.7 Å². The molecular weight excluding hydrogens is 204 g/mol. The minimum Gasteiger partial charge on any atom is -0.388 e. The monoisotopic (exact) mass is 218 g/mol. The Hall–Kier alpha value is -1.75. The van der Waals surface area contributed by atoms with Crippen LogP contribution >= 0.6 is 0 Å². The van der Waals surface area contributed by atoms with Gasteiger partial charge in [-0.15, -0.1) is 0 Å². The van der Waals surface area contributed by atoms with E-state index in [4.69, 9.17) is 0 Å². The number of aliphatic hydroxyl groups is 1. The minimum atomic E-state index is -0.573. The summed E-state index contributed by atoms with van der Waals surface area (Å²) in [7, 11) is 0. The Morgan fingerprint density at radius 3 is 2.69 bits per heavy atom. The second-order valence-electron chi connectivity index (χ2n) is 3.60. The molecule has 0 saturated carbocycles. The molecular formula is C11H14N4O. The van der Waals surface area contributed by atoms with E-state index in [1.807, 2.05) is 17.8 Å². The molecule has 1 unspecified atom stereocenters. The van der Waals surface area contributed by atoms with Crippen molar-refractivity contribution in [2.24, 2.45) is 0 Å². The average Bonchev–Trinajstić information content (AvgIpc) is 2.78. The summed E-state index contributed by atoms with van der Waals surface area (Å²) < 4.78 is 1.84. The first kappa shape index (κ1) is 10.8. The fraction of sp³-hybridized carbons (Fsp3) is 0.364. The molecule has 2 aromatic rings. The summed E-state index contributed by atoms with van der Waals surface area (Å²) in [6, 6.07) is 0. The van der Waals surface area contributed by atoms with Crippen LogP contribution in [0.5, 0.6) is 0 Å². The zero-order valence-corrected chi connectivity index (χ0v) is 9.11. The molecule has 0 aliphatic rings. The molecule has 84 valence electrons. The Balaban J connectivity index is 2.05. The minimum absolute atomic E-state index is 0.535. The Morgan fingerprint density at radius 1 is 1.31 bits per heavy atom. The van der Waals surface area contributed by atoms with E-state index in [1.54, 1.807) is 18.6 Å². The van der Waals surface area contributed by atoms with E-state index in [-0.39, 0.29) is 0 Å². The fourth-order valence-electron chi connectivity index (χ4n) is 1.51. The molecule has 1 N–H and O–H groups in total. The third-order valence-corrected chi connectivity index (χ3v) is 2.41. The zero-order chi connectivity index (χ0) is 11.4. The van der Waals surface area contributed by atoms with E-state index in [9.17, 15) is 5.11 Å². The molecule has 0 aliphatic carbocycles. The largest absolute Gasteiger partial charge is 0.388 e. The van der Waals surface area contributed by atoms with Crippen LogP contribution in [0, 0.1) is 0 Å². The lowest BCUT2D eigenvalue weighted by atomic mass is 10.1. The normalized spacial score (nSPS) is 12.6. The van der Waals surface area contributed by atoms with Crippen molar-refractivity contribution in [2.75, 3.05) is 0 Å². The topological polar surface area (TPSA) is 63.8 Å². The Bertz CT molecular complexity index is 440. The van der Waals surface area contributed by atoms with E-state index in [0.717, 1.165) is 17.7 Å². The zero-order valence-electron chi connectivity index (χ0n) is 9.11. The highest BCUT2D eigenvalue weighted by Gasteiger charge is 2.10. The van der Waals surface area contributed by atoms with Crippen LogP contribution in [-0.2, 0) is 13.0 Å². The highest BCUT2D eigenvalue weighted by Crippen LogP contribution is 2.15. The lowest BCUT2D eigenvalue weighted by Gasteiger charge is -2.07. The van der Waals surface area contributed by atoms with Gasteiger partial charge in [-0.2, -0.15) is 5.10 Å². The SMILES string of the molecule is CCn1cc(CC(O)c2cncnc2)cn1. The third-order valence-electron chi connectivity index (χ3n) is 2.41. The van der Waals surface area contributed by atoms with Gasteiger partial charge in [-0.25, -0.2) is 9.97 Å². The first-order valence-electron chi connectivity index (χ1n) is 5.24. The predicted octanol–water partition coefficient (Wildman–Crippen LogP) is 0.969. The van der Waals surface area contributed by atoms with Gasteiger partial charge in [0.15, 0.2) is 0 Å². The first-order valence-corrected chi connectivity index (χ1v) is 5.24. The van der Waals surface area contributed by atoms with Crippen molar-refractivity contribution in [3.63, 3.8) is 0 Å². The summed E-state index contributed by atoms with van der Waals surface area (Å²) in [5.74, 6) is 0. The van der Waals surface area contributed by atoms with Crippen LogP contribution in [0.2, 0.25) is 0 Å². The molecule has 1 atom stereocenters. The summed E-state index contributed by atoms with van der Waals surface area (Å²) >= 11 is 0. The summed E-state index contributed by atoms with van der Waals surface area (Å²) in [6.07, 6.45) is 8.38. The number of rotatable bonds is 4. The van der Waals surface area contributed by atoms with Crippen molar-refractivity contribution < 1.29 is 5.11 Å². The molecule has 16 heavy (non-hydrogen) atoms. The summed E-state index contributed by atoms with van der Waals surface area (Å²) in [5, 5.41) is 14.1. The van der Waals surface area contributed by atoms with Crippen molar-refractivity contribution in [3.05, 3.63) is 42.2 Å². The lowest BCUT2D eigenvalue weighted by molar-refractivity contribution is 0.177. The van der Waals surface area contributed by atoms with E-state index >= 15 is 0 Å². The molecule has 5 heteroatoms. The van der Waals surface area contributed by atoms with Crippen molar-refractivity contribution >= 4 is 0 Å². The van der Waals surface area contributed by atoms with Crippen LogP contribution in [0.4, 0.5) is 0 Å². The van der Waals surface area contributed by atoms with Gasteiger partial charge in [0.05, 0.1) is 12.3 Å². The Kier molecular flexibility index (Phi) is 3.26. The molecule has 0 aliphatic heterocycles. The standard InChI is InChI=1S/C11H14N4O/c1-2-15-7-9(4-14-15)3-11(16)10-5-12-8-13-6-10/h4-8,11,16H,2-3H2,1H3. The predicted molar refractivity (Wildman–Crippen MR) is 58.6 cm³/mol. The molecule has 0 amide bonds. The number of aliphatic hydroxyl groups excluding tert-OH is 1. The summed E-state index contributed by atoms with van der Waals surface area (Å²) in [6.45, 7) is 2.86. The maximum atomic E-state index is 9.94. The van der Waals surface area contributed by atoms with Gasteiger partial charge in [-0.3, -0.25) is 4.68 Å². The van der Waals surface area contributed by atoms with Crippen molar-refractivity contribution in [3.8, 4) is 0 Å². The van der Waals surface area contributed by atoms with Crippen molar-refractivity contribution in [2.45, 2.75) is 26.0 Å². The quantitative estimate of drug-likeness (QED) is 0.830. The third kappa shape index (κ3) is 2.43. The fourth-order valence-corrected chi connectivity index (χ4v) is 1.51. The number of aryl methyl sites for hydroxylation is 1. The molecule has 2 heterocycles. The molecule has 0 aromatic carbocycles. The van der Waals surface area contributed by atoms with Crippen LogP contribution in [0.25, 0.3) is 0 Å². The van der Waals surface area contributed by atoms with Gasteiger partial charge in [0.1, 0.15) is 6.33 Å². The van der Waals surface area contributed by atoms with Gasteiger partial charge in [-0.05, 0) is 12.5 Å².